The van der Waals surface area contributed by atoms with E-state index >= 15 is 0 Å². The number of carbonyl (C=O) groups excluding carboxylic acids is 3. The largest absolute Gasteiger partial charge is 0.490 e. The monoisotopic (exact) mass is 566 g/mol. The highest BCUT2D eigenvalue weighted by molar-refractivity contribution is 6.16. The molecule has 3 heterocycles. The molecular formula is C37H30N2O4. The van der Waals surface area contributed by atoms with Crippen LogP contribution in [-0.2, 0) is 10.2 Å². The highest BCUT2D eigenvalue weighted by atomic mass is 16.5. The molecule has 4 aromatic rings. The summed E-state index contributed by atoms with van der Waals surface area (Å²) in [7, 11) is 0. The molecule has 1 fully saturated rings. The number of amides is 1. The number of Topliss-reactive ketones (excluding diaryl/α,β-unsaturated/α-hetero) is 2. The molecule has 1 amide bonds. The van der Waals surface area contributed by atoms with Crippen LogP contribution in [0.25, 0.3) is 6.08 Å². The molecule has 0 unspecified atom stereocenters. The number of hydrogen-bond donors (Lipinski definition) is 1. The van der Waals surface area contributed by atoms with Gasteiger partial charge in [0, 0.05) is 23.0 Å². The van der Waals surface area contributed by atoms with E-state index < -0.39 is 23.4 Å². The second-order valence-corrected chi connectivity index (χ2v) is 11.3. The van der Waals surface area contributed by atoms with Gasteiger partial charge in [0.1, 0.15) is 23.8 Å². The summed E-state index contributed by atoms with van der Waals surface area (Å²) in [4.78, 5) is 46.1. The minimum atomic E-state index is -1.38. The van der Waals surface area contributed by atoms with Crippen LogP contribution in [0, 0.1) is 12.8 Å². The van der Waals surface area contributed by atoms with E-state index in [1.165, 1.54) is 0 Å². The first-order valence-electron chi connectivity index (χ1n) is 14.4. The van der Waals surface area contributed by atoms with Gasteiger partial charge in [-0.25, -0.2) is 0 Å². The van der Waals surface area contributed by atoms with E-state index in [0.717, 1.165) is 22.3 Å². The third kappa shape index (κ3) is 3.97. The number of nitrogens with zero attached hydrogens (tertiary/aromatic N) is 1. The van der Waals surface area contributed by atoms with Gasteiger partial charge in [-0.05, 0) is 47.9 Å². The highest BCUT2D eigenvalue weighted by Gasteiger charge is 2.70. The number of anilines is 1. The fraction of sp³-hybridized carbons (Fsp3) is 0.162. The molecule has 1 spiro atoms. The summed E-state index contributed by atoms with van der Waals surface area (Å²) in [5, 5.41) is 3.09. The van der Waals surface area contributed by atoms with Gasteiger partial charge in [0.25, 0.3) is 0 Å². The number of rotatable bonds is 7. The Balaban J connectivity index is 1.50. The minimum absolute atomic E-state index is 0.208. The fourth-order valence-corrected chi connectivity index (χ4v) is 7.13. The third-order valence-electron chi connectivity index (χ3n) is 8.94. The van der Waals surface area contributed by atoms with Gasteiger partial charge in [-0.15, -0.1) is 0 Å². The number of fused-ring (bicyclic) bond motifs is 6. The van der Waals surface area contributed by atoms with Gasteiger partial charge in [0.05, 0.1) is 12.0 Å². The molecule has 7 rings (SSSR count). The van der Waals surface area contributed by atoms with Gasteiger partial charge in [-0.2, -0.15) is 0 Å². The van der Waals surface area contributed by atoms with Gasteiger partial charge in [-0.1, -0.05) is 97.1 Å². The second kappa shape index (κ2) is 10.2. The quantitative estimate of drug-likeness (QED) is 0.203. The molecule has 0 aliphatic carbocycles. The molecule has 6 heteroatoms. The van der Waals surface area contributed by atoms with Crippen LogP contribution in [0.2, 0.25) is 0 Å². The Labute approximate surface area is 250 Å². The van der Waals surface area contributed by atoms with Crippen LogP contribution in [-0.4, -0.2) is 35.0 Å². The number of para-hydroxylation sites is 1. The number of ether oxygens (including phenoxy) is 1. The summed E-state index contributed by atoms with van der Waals surface area (Å²) >= 11 is 0. The average Bonchev–Trinajstić information content (AvgIpc) is 3.52. The molecule has 212 valence electrons. The van der Waals surface area contributed by atoms with E-state index in [1.807, 2.05) is 84.8 Å². The van der Waals surface area contributed by atoms with Crippen LogP contribution in [0.4, 0.5) is 5.69 Å². The molecule has 3 aliphatic rings. The van der Waals surface area contributed by atoms with E-state index in [0.29, 0.717) is 22.6 Å². The van der Waals surface area contributed by atoms with Crippen molar-refractivity contribution in [2.45, 2.75) is 24.4 Å². The lowest BCUT2D eigenvalue weighted by Gasteiger charge is -2.38. The number of carbonyl (C=O) groups is 3. The van der Waals surface area contributed by atoms with E-state index in [2.05, 4.69) is 11.9 Å². The van der Waals surface area contributed by atoms with Crippen LogP contribution in [0.3, 0.4) is 0 Å². The van der Waals surface area contributed by atoms with Crippen molar-refractivity contribution in [3.8, 4) is 5.75 Å². The summed E-state index contributed by atoms with van der Waals surface area (Å²) in [5.41, 5.74) is 3.75. The third-order valence-corrected chi connectivity index (χ3v) is 8.94. The zero-order valence-electron chi connectivity index (χ0n) is 23.7. The van der Waals surface area contributed by atoms with Gasteiger partial charge < -0.3 is 15.0 Å². The van der Waals surface area contributed by atoms with Crippen LogP contribution >= 0.6 is 0 Å². The van der Waals surface area contributed by atoms with Crippen molar-refractivity contribution in [1.82, 2.24) is 4.90 Å². The number of benzene rings is 4. The van der Waals surface area contributed by atoms with Gasteiger partial charge >= 0.3 is 0 Å². The maximum absolute atomic E-state index is 15.0. The zero-order valence-corrected chi connectivity index (χ0v) is 23.7. The average molecular weight is 567 g/mol. The molecule has 1 N–H and O–H groups in total. The minimum Gasteiger partial charge on any atom is -0.490 e. The molecule has 3 aliphatic heterocycles. The van der Waals surface area contributed by atoms with Crippen LogP contribution < -0.4 is 10.1 Å². The first-order valence-corrected chi connectivity index (χ1v) is 14.4. The molecule has 4 atom stereocenters. The van der Waals surface area contributed by atoms with Crippen LogP contribution in [0.15, 0.2) is 116 Å². The summed E-state index contributed by atoms with van der Waals surface area (Å²) < 4.78 is 5.76. The van der Waals surface area contributed by atoms with Gasteiger partial charge in [-0.3, -0.25) is 14.4 Å². The molecule has 1 saturated heterocycles. The molecular weight excluding hydrogens is 536 g/mol. The summed E-state index contributed by atoms with van der Waals surface area (Å²) in [6.45, 7) is 5.96. The summed E-state index contributed by atoms with van der Waals surface area (Å²) in [6, 6.07) is 28.2. The Hall–Kier alpha value is -5.23. The van der Waals surface area contributed by atoms with Crippen molar-refractivity contribution in [2.75, 3.05) is 11.9 Å². The van der Waals surface area contributed by atoms with Crippen molar-refractivity contribution in [3.63, 3.8) is 0 Å². The topological polar surface area (TPSA) is 75.7 Å². The molecule has 0 radical (unpaired) electrons. The first kappa shape index (κ1) is 26.7. The molecule has 43 heavy (non-hydrogen) atoms. The maximum atomic E-state index is 15.0. The highest BCUT2D eigenvalue weighted by Crippen LogP contribution is 2.62. The van der Waals surface area contributed by atoms with E-state index in [1.54, 1.807) is 42.5 Å². The van der Waals surface area contributed by atoms with Gasteiger partial charge in [0.15, 0.2) is 11.6 Å². The van der Waals surface area contributed by atoms with Crippen molar-refractivity contribution in [2.24, 2.45) is 5.92 Å². The van der Waals surface area contributed by atoms with Crippen molar-refractivity contribution in [3.05, 3.63) is 149 Å². The van der Waals surface area contributed by atoms with Crippen LogP contribution in [0.5, 0.6) is 5.75 Å². The lowest BCUT2D eigenvalue weighted by Crippen LogP contribution is -2.49. The Morgan fingerprint density at radius 3 is 2.51 bits per heavy atom. The Morgan fingerprint density at radius 1 is 0.930 bits per heavy atom. The standard InChI is InChI=1S/C37H30N2O4/c1-3-21-43-27-11-8-10-26(22-27)33(40)31-32(34(41)25-17-15-23(2)16-18-25)39-20-19-24-9-4-5-12-28(24)35(39)37(31)29-13-6-7-14-30(29)38-36(37)42/h3-20,22,31-32,35H,1,21H2,2H3,(H,38,42)/t31-,32-,35+,37+/m0/s1. The van der Waals surface area contributed by atoms with Crippen LogP contribution in [0.1, 0.15) is 49.0 Å². The van der Waals surface area contributed by atoms with E-state index in [-0.39, 0.29) is 24.1 Å². The summed E-state index contributed by atoms with van der Waals surface area (Å²) in [6.07, 6.45) is 5.49. The normalized spacial score (nSPS) is 22.9. The molecule has 0 saturated carbocycles. The van der Waals surface area contributed by atoms with Crippen molar-refractivity contribution >= 4 is 29.2 Å². The predicted molar refractivity (Wildman–Crippen MR) is 166 cm³/mol. The molecule has 0 bridgehead atoms. The first-order chi connectivity index (χ1) is 20.9. The van der Waals surface area contributed by atoms with Gasteiger partial charge in [0.2, 0.25) is 5.91 Å². The lowest BCUT2D eigenvalue weighted by atomic mass is 9.62. The Morgan fingerprint density at radius 2 is 1.70 bits per heavy atom. The molecule has 6 nitrogen and oxygen atoms in total. The van der Waals surface area contributed by atoms with Crippen molar-refractivity contribution < 1.29 is 19.1 Å². The maximum Gasteiger partial charge on any atom is 0.238 e. The SMILES string of the molecule is C=CCOc1cccc(C(=O)[C@@H]2[C@@H](C(=O)c3ccc(C)cc3)N3C=Cc4ccccc4[C@@H]3[C@]23C(=O)Nc2ccccc23)c1. The molecule has 0 aromatic heterocycles. The number of nitrogens with one attached hydrogen (secondary N) is 1. The molecule has 4 aromatic carbocycles. The van der Waals surface area contributed by atoms with E-state index in [4.69, 9.17) is 4.74 Å². The van der Waals surface area contributed by atoms with Crippen molar-refractivity contribution in [1.29, 1.82) is 0 Å². The fourth-order valence-electron chi connectivity index (χ4n) is 7.13. The second-order valence-electron chi connectivity index (χ2n) is 11.3. The smallest absolute Gasteiger partial charge is 0.238 e. The Kier molecular flexibility index (Phi) is 6.35. The summed E-state index contributed by atoms with van der Waals surface area (Å²) in [5.74, 6) is -1.31. The van der Waals surface area contributed by atoms with E-state index in [9.17, 15) is 14.4 Å². The Bertz CT molecular complexity index is 1820. The number of ketones is 2. The number of aryl methyl sites for hydroxylation is 1. The number of hydrogen-bond acceptors (Lipinski definition) is 5. The predicted octanol–water partition coefficient (Wildman–Crippen LogP) is 6.54. The lowest BCUT2D eigenvalue weighted by molar-refractivity contribution is -0.122. The zero-order chi connectivity index (χ0) is 29.7.